The molecular weight excluding hydrogens is 878 g/mol. The maximum absolute atomic E-state index is 12.6. The van der Waals surface area contributed by atoms with Gasteiger partial charge in [-0.15, -0.1) is 17.0 Å². The number of nitrogen functional groups attached to an aromatic ring is 3. The number of halogens is 9. The molecule has 0 saturated heterocycles. The van der Waals surface area contributed by atoms with E-state index in [-0.39, 0.29) is 28.4 Å². The van der Waals surface area contributed by atoms with Crippen molar-refractivity contribution in [1.82, 2.24) is 9.80 Å². The second kappa shape index (κ2) is 16.1. The van der Waals surface area contributed by atoms with Crippen molar-refractivity contribution in [3.63, 3.8) is 0 Å². The van der Waals surface area contributed by atoms with E-state index in [0.29, 0.717) is 60.6 Å². The maximum Gasteiger partial charge on any atom is 0.416 e. The van der Waals surface area contributed by atoms with Gasteiger partial charge in [0.1, 0.15) is 5.69 Å². The van der Waals surface area contributed by atoms with Crippen LogP contribution in [0.4, 0.5) is 49.1 Å². The summed E-state index contributed by atoms with van der Waals surface area (Å²) in [5.74, 6) is 0. The molecule has 0 saturated carbocycles. The monoisotopic (exact) mass is 908 g/mol. The fourth-order valence-corrected chi connectivity index (χ4v) is 7.45. The van der Waals surface area contributed by atoms with Crippen LogP contribution in [-0.2, 0) is 51.4 Å². The lowest BCUT2D eigenvalue weighted by Crippen LogP contribution is -2.31. The second-order valence-corrected chi connectivity index (χ2v) is 13.8. The number of nitro groups is 1. The van der Waals surface area contributed by atoms with Gasteiger partial charge in [-0.2, -0.15) is 26.3 Å². The zero-order chi connectivity index (χ0) is 36.5. The van der Waals surface area contributed by atoms with Gasteiger partial charge in [0.2, 0.25) is 0 Å². The summed E-state index contributed by atoms with van der Waals surface area (Å²) in [5, 5.41) is 11.1. The third-order valence-electron chi connectivity index (χ3n) is 8.78. The van der Waals surface area contributed by atoms with Crippen molar-refractivity contribution in [3.8, 4) is 0 Å². The fraction of sp³-hybridized carbons (Fsp3) is 0.294. The van der Waals surface area contributed by atoms with Crippen molar-refractivity contribution in [2.45, 2.75) is 51.4 Å². The van der Waals surface area contributed by atoms with Crippen molar-refractivity contribution in [2.24, 2.45) is 0 Å². The van der Waals surface area contributed by atoms with E-state index in [9.17, 15) is 36.5 Å². The number of hydrogen-bond donors (Lipinski definition) is 3. The van der Waals surface area contributed by atoms with Crippen LogP contribution in [0.5, 0.6) is 0 Å². The Morgan fingerprint density at radius 1 is 0.667 bits per heavy atom. The first-order valence-electron chi connectivity index (χ1n) is 15.3. The highest BCUT2D eigenvalue weighted by Gasteiger charge is 2.31. The van der Waals surface area contributed by atoms with Gasteiger partial charge in [-0.05, 0) is 71.0 Å². The highest BCUT2D eigenvalue weighted by molar-refractivity contribution is 9.10. The Balaban J connectivity index is 0.000000225. The summed E-state index contributed by atoms with van der Waals surface area (Å²) < 4.78 is 77.4. The normalized spacial score (nSPS) is 14.8. The molecule has 0 fully saturated rings. The van der Waals surface area contributed by atoms with Crippen LogP contribution < -0.4 is 17.2 Å². The summed E-state index contributed by atoms with van der Waals surface area (Å²) >= 11 is 6.88. The molecule has 0 spiro atoms. The molecule has 8 nitrogen and oxygen atoms in total. The topological polar surface area (TPSA) is 128 Å². The molecule has 0 bridgehead atoms. The molecule has 0 atom stereocenters. The molecule has 6 rings (SSSR count). The predicted molar refractivity (Wildman–Crippen MR) is 197 cm³/mol. The summed E-state index contributed by atoms with van der Waals surface area (Å²) in [4.78, 5) is 14.8. The molecule has 4 aromatic carbocycles. The fourth-order valence-electron chi connectivity index (χ4n) is 6.11. The van der Waals surface area contributed by atoms with Gasteiger partial charge in [0.15, 0.2) is 0 Å². The minimum atomic E-state index is -4.36. The van der Waals surface area contributed by atoms with E-state index in [0.717, 1.165) is 69.5 Å². The molecule has 2 heterocycles. The summed E-state index contributed by atoms with van der Waals surface area (Å²) in [6.07, 6.45) is -7.19. The molecule has 0 amide bonds. The number of nitrogens with zero attached hydrogens (tertiary/aromatic N) is 3. The van der Waals surface area contributed by atoms with Gasteiger partial charge in [0, 0.05) is 59.8 Å². The number of nitrogens with two attached hydrogens (primary N) is 3. The Bertz CT molecular complexity index is 1890. The zero-order valence-electron chi connectivity index (χ0n) is 26.8. The van der Waals surface area contributed by atoms with Crippen LogP contribution in [0.1, 0.15) is 44.5 Å². The number of fused-ring (bicyclic) bond motifs is 2. The van der Waals surface area contributed by atoms with E-state index in [1.165, 1.54) is 30.3 Å². The number of anilines is 3. The summed E-state index contributed by atoms with van der Waals surface area (Å²) in [6.45, 7) is 3.55. The smallest absolute Gasteiger partial charge is 0.397 e. The molecule has 0 unspecified atom stereocenters. The van der Waals surface area contributed by atoms with Gasteiger partial charge in [0.05, 0.1) is 27.4 Å². The quantitative estimate of drug-likeness (QED) is 0.0789. The number of benzene rings is 4. The minimum absolute atomic E-state index is 0. The lowest BCUT2D eigenvalue weighted by atomic mass is 9.96. The molecule has 2 aliphatic rings. The molecule has 6 N–H and O–H groups in total. The zero-order valence-corrected chi connectivity index (χ0v) is 31.6. The van der Waals surface area contributed by atoms with Crippen LogP contribution >= 0.6 is 48.8 Å². The highest BCUT2D eigenvalue weighted by Crippen LogP contribution is 2.39. The van der Waals surface area contributed by atoms with Crippen LogP contribution in [0.2, 0.25) is 0 Å². The Morgan fingerprint density at radius 2 is 1.06 bits per heavy atom. The molecule has 0 aromatic heterocycles. The molecule has 274 valence electrons. The maximum atomic E-state index is 12.6. The third-order valence-corrected chi connectivity index (χ3v) is 10.2. The second-order valence-electron chi connectivity index (χ2n) is 12.1. The first-order chi connectivity index (χ1) is 23.4. The van der Waals surface area contributed by atoms with Crippen LogP contribution in [-0.4, -0.2) is 27.8 Å². The third kappa shape index (κ3) is 9.54. The molecule has 4 aromatic rings. The Morgan fingerprint density at radius 3 is 1.45 bits per heavy atom. The Kier molecular flexibility index (Phi) is 12.8. The van der Waals surface area contributed by atoms with Crippen molar-refractivity contribution in [1.29, 1.82) is 0 Å². The minimum Gasteiger partial charge on any atom is -0.397 e. The van der Waals surface area contributed by atoms with Crippen molar-refractivity contribution in [3.05, 3.63) is 124 Å². The van der Waals surface area contributed by atoms with Crippen LogP contribution in [0.25, 0.3) is 0 Å². The highest BCUT2D eigenvalue weighted by atomic mass is 79.9. The molecule has 17 heteroatoms. The van der Waals surface area contributed by atoms with E-state index in [1.807, 2.05) is 11.0 Å². The largest absolute Gasteiger partial charge is 0.416 e. The first-order valence-corrected chi connectivity index (χ1v) is 16.9. The average molecular weight is 911 g/mol. The Labute approximate surface area is 317 Å². The summed E-state index contributed by atoms with van der Waals surface area (Å²) in [7, 11) is 0. The van der Waals surface area contributed by atoms with Gasteiger partial charge in [-0.1, -0.05) is 56.1 Å². The van der Waals surface area contributed by atoms with Crippen molar-refractivity contribution in [2.75, 3.05) is 30.3 Å². The van der Waals surface area contributed by atoms with E-state index >= 15 is 0 Å². The molecule has 2 aliphatic heterocycles. The number of rotatable bonds is 5. The van der Waals surface area contributed by atoms with E-state index in [1.54, 1.807) is 0 Å². The predicted octanol–water partition coefficient (Wildman–Crippen LogP) is 9.29. The van der Waals surface area contributed by atoms with Crippen LogP contribution in [0.15, 0.2) is 69.6 Å². The van der Waals surface area contributed by atoms with E-state index < -0.39 is 28.4 Å². The molecule has 0 aliphatic carbocycles. The summed E-state index contributed by atoms with van der Waals surface area (Å²) in [5.41, 5.74) is 23.2. The lowest BCUT2D eigenvalue weighted by Gasteiger charge is -2.31. The molecule has 0 radical (unpaired) electrons. The molecule has 51 heavy (non-hydrogen) atoms. The first kappa shape index (κ1) is 40.4. The number of nitro benzene ring substituents is 1. The van der Waals surface area contributed by atoms with Crippen molar-refractivity contribution < 1.29 is 31.3 Å². The van der Waals surface area contributed by atoms with Gasteiger partial charge in [-0.25, -0.2) is 0 Å². The van der Waals surface area contributed by atoms with Gasteiger partial charge < -0.3 is 17.2 Å². The van der Waals surface area contributed by atoms with Crippen molar-refractivity contribution >= 4 is 71.6 Å². The molecular formula is C34H33Br3F6N6O2. The number of hydrogen-bond acceptors (Lipinski definition) is 7. The van der Waals surface area contributed by atoms with E-state index in [2.05, 4.69) is 36.8 Å². The van der Waals surface area contributed by atoms with Gasteiger partial charge in [0.25, 0.3) is 5.69 Å². The SMILES string of the molecule is Br.Nc1c([N+](=O)[O-])cc(Br)c2c1CN(Cc1ccc(C(F)(F)F)cc1)CC2.Nc1cc(Br)c2c(c1N)CN(Cc1ccc(C(F)(F)F)cc1)CC2. The van der Waals surface area contributed by atoms with Crippen LogP contribution in [0, 0.1) is 10.1 Å². The number of alkyl halides is 6. The van der Waals surface area contributed by atoms with Gasteiger partial charge >= 0.3 is 12.4 Å². The average Bonchev–Trinajstić information content (AvgIpc) is 3.05. The standard InChI is InChI=1S/C17H15BrF3N3O2.C17H17BrF3N3.BrH/c18-14-7-15(24(25)26)16(22)13-9-23(6-5-12(13)14)8-10-1-3-11(4-2-10)17(19,20)21;18-14-7-15(22)16(23)13-9-24(6-5-12(13)14)8-10-1-3-11(4-2-10)17(19,20)21;/h1-4,7H,5-6,8-9,22H2;1-4,7H,5-6,8-9,22-23H2;1H. The lowest BCUT2D eigenvalue weighted by molar-refractivity contribution is -0.384. The Hall–Kier alpha value is -3.38. The van der Waals surface area contributed by atoms with E-state index in [4.69, 9.17) is 17.2 Å². The van der Waals surface area contributed by atoms with Crippen LogP contribution in [0.3, 0.4) is 0 Å². The summed E-state index contributed by atoms with van der Waals surface area (Å²) in [6, 6.07) is 13.5. The van der Waals surface area contributed by atoms with Gasteiger partial charge in [-0.3, -0.25) is 19.9 Å².